The Labute approximate surface area is 180 Å². The molecule has 1 aliphatic carbocycles. The zero-order valence-corrected chi connectivity index (χ0v) is 18.0. The predicted molar refractivity (Wildman–Crippen MR) is 107 cm³/mol. The van der Waals surface area contributed by atoms with Gasteiger partial charge in [-0.2, -0.15) is 0 Å². The van der Waals surface area contributed by atoms with Crippen molar-refractivity contribution in [2.75, 3.05) is 7.11 Å². The van der Waals surface area contributed by atoms with E-state index in [0.29, 0.717) is 17.8 Å². The van der Waals surface area contributed by atoms with Crippen molar-refractivity contribution in [3.8, 4) is 0 Å². The van der Waals surface area contributed by atoms with Gasteiger partial charge in [0.2, 0.25) is 0 Å². The second kappa shape index (κ2) is 7.76. The number of methoxy groups -OCH3 is 1. The van der Waals surface area contributed by atoms with E-state index in [1.807, 2.05) is 6.92 Å². The lowest BCUT2D eigenvalue weighted by Gasteiger charge is -2.31. The zero-order valence-electron chi connectivity index (χ0n) is 18.0. The Morgan fingerprint density at radius 2 is 2.06 bits per heavy atom. The maximum absolute atomic E-state index is 12.9. The molecular formula is C23H26O8. The van der Waals surface area contributed by atoms with Gasteiger partial charge in [0.05, 0.1) is 11.7 Å². The van der Waals surface area contributed by atoms with E-state index in [0.717, 1.165) is 5.57 Å². The van der Waals surface area contributed by atoms with E-state index in [1.165, 1.54) is 14.0 Å². The predicted octanol–water partition coefficient (Wildman–Crippen LogP) is 2.50. The number of hydrogen-bond donors (Lipinski definition) is 0. The molecule has 1 saturated heterocycles. The molecule has 6 atom stereocenters. The lowest BCUT2D eigenvalue weighted by atomic mass is 9.75. The van der Waals surface area contributed by atoms with Gasteiger partial charge in [-0.25, -0.2) is 4.79 Å². The Hall–Kier alpha value is -2.71. The summed E-state index contributed by atoms with van der Waals surface area (Å²) < 4.78 is 28.0. The fraction of sp³-hybridized carbons (Fsp3) is 0.522. The van der Waals surface area contributed by atoms with Crippen LogP contribution in [0.4, 0.5) is 0 Å². The van der Waals surface area contributed by atoms with Gasteiger partial charge in [0.15, 0.2) is 6.29 Å². The molecule has 3 aliphatic heterocycles. The molecule has 4 aliphatic rings. The maximum atomic E-state index is 12.9. The molecule has 3 heterocycles. The first-order valence-electron chi connectivity index (χ1n) is 10.2. The molecule has 0 aromatic carbocycles. The summed E-state index contributed by atoms with van der Waals surface area (Å²) in [6, 6.07) is 0. The summed E-state index contributed by atoms with van der Waals surface area (Å²) in [5, 5.41) is 0. The summed E-state index contributed by atoms with van der Waals surface area (Å²) in [6.07, 6.45) is 3.05. The van der Waals surface area contributed by atoms with Crippen LogP contribution in [0.1, 0.15) is 33.6 Å². The van der Waals surface area contributed by atoms with Gasteiger partial charge in [0.25, 0.3) is 0 Å². The van der Waals surface area contributed by atoms with Crippen molar-refractivity contribution in [3.05, 3.63) is 47.3 Å². The summed E-state index contributed by atoms with van der Waals surface area (Å²) >= 11 is 0. The van der Waals surface area contributed by atoms with Gasteiger partial charge in [-0.3, -0.25) is 9.59 Å². The van der Waals surface area contributed by atoms with Gasteiger partial charge in [0.1, 0.15) is 23.4 Å². The molecule has 31 heavy (non-hydrogen) atoms. The van der Waals surface area contributed by atoms with E-state index in [1.54, 1.807) is 25.2 Å². The lowest BCUT2D eigenvalue weighted by Crippen LogP contribution is -2.42. The number of allylic oxidation sites excluding steroid dienone is 1. The van der Waals surface area contributed by atoms with Gasteiger partial charge in [-0.1, -0.05) is 12.2 Å². The molecular weight excluding hydrogens is 404 g/mol. The molecule has 0 spiro atoms. The molecule has 166 valence electrons. The van der Waals surface area contributed by atoms with Crippen LogP contribution in [0.25, 0.3) is 0 Å². The maximum Gasteiger partial charge on any atom is 0.338 e. The highest BCUT2D eigenvalue weighted by molar-refractivity contribution is 5.92. The number of esters is 3. The first-order chi connectivity index (χ1) is 14.6. The molecule has 0 aromatic rings. The van der Waals surface area contributed by atoms with Crippen molar-refractivity contribution in [3.63, 3.8) is 0 Å². The van der Waals surface area contributed by atoms with Crippen molar-refractivity contribution < 1.29 is 38.1 Å². The monoisotopic (exact) mass is 430 g/mol. The molecule has 0 radical (unpaired) electrons. The number of fused-ring (bicyclic) bond motifs is 4. The fourth-order valence-corrected chi connectivity index (χ4v) is 4.73. The van der Waals surface area contributed by atoms with Crippen LogP contribution in [0.15, 0.2) is 47.3 Å². The summed E-state index contributed by atoms with van der Waals surface area (Å²) in [6.45, 7) is 9.01. The molecule has 8 nitrogen and oxygen atoms in total. The van der Waals surface area contributed by atoms with Gasteiger partial charge in [0, 0.05) is 26.4 Å². The van der Waals surface area contributed by atoms with Crippen molar-refractivity contribution in [2.24, 2.45) is 11.3 Å². The summed E-state index contributed by atoms with van der Waals surface area (Å²) in [7, 11) is 1.49. The van der Waals surface area contributed by atoms with Crippen LogP contribution in [-0.2, 0) is 38.1 Å². The first-order valence-corrected chi connectivity index (χ1v) is 10.2. The van der Waals surface area contributed by atoms with Crippen molar-refractivity contribution >= 4 is 17.9 Å². The van der Waals surface area contributed by atoms with Crippen LogP contribution in [0.3, 0.4) is 0 Å². The summed E-state index contributed by atoms with van der Waals surface area (Å²) in [5.74, 6) is -1.52. The second-order valence-corrected chi connectivity index (χ2v) is 8.62. The third kappa shape index (κ3) is 3.74. The highest BCUT2D eigenvalue weighted by Gasteiger charge is 2.56. The largest absolute Gasteiger partial charge is 0.457 e. The van der Waals surface area contributed by atoms with Crippen molar-refractivity contribution in [2.45, 2.75) is 58.2 Å². The van der Waals surface area contributed by atoms with Crippen LogP contribution in [0.2, 0.25) is 0 Å². The average molecular weight is 430 g/mol. The van der Waals surface area contributed by atoms with E-state index in [4.69, 9.17) is 23.7 Å². The van der Waals surface area contributed by atoms with Crippen LogP contribution in [0, 0.1) is 11.3 Å². The molecule has 6 unspecified atom stereocenters. The van der Waals surface area contributed by atoms with Crippen molar-refractivity contribution in [1.82, 2.24) is 0 Å². The Kier molecular flexibility index (Phi) is 5.39. The SMILES string of the molecule is C=C1C(OC)OC2C1CC(OC(C)=O)C1=CC(CC(C)=CC3=CC2(C)C(=O)O3)OC1=O. The van der Waals surface area contributed by atoms with E-state index < -0.39 is 53.8 Å². The Morgan fingerprint density at radius 3 is 2.74 bits per heavy atom. The van der Waals surface area contributed by atoms with Crippen LogP contribution in [0.5, 0.6) is 0 Å². The molecule has 0 saturated carbocycles. The Morgan fingerprint density at radius 1 is 1.32 bits per heavy atom. The second-order valence-electron chi connectivity index (χ2n) is 8.62. The molecule has 1 fully saturated rings. The molecule has 8 heteroatoms. The highest BCUT2D eigenvalue weighted by Crippen LogP contribution is 2.48. The highest BCUT2D eigenvalue weighted by atomic mass is 16.7. The third-order valence-electron chi connectivity index (χ3n) is 6.21. The number of ether oxygens (including phenoxy) is 5. The summed E-state index contributed by atoms with van der Waals surface area (Å²) in [4.78, 5) is 37.4. The van der Waals surface area contributed by atoms with E-state index >= 15 is 0 Å². The topological polar surface area (TPSA) is 97.4 Å². The fourth-order valence-electron chi connectivity index (χ4n) is 4.73. The van der Waals surface area contributed by atoms with E-state index in [2.05, 4.69) is 6.58 Å². The Bertz CT molecular complexity index is 941. The summed E-state index contributed by atoms with van der Waals surface area (Å²) in [5.41, 5.74) is 0.653. The number of hydrogen-bond acceptors (Lipinski definition) is 8. The van der Waals surface area contributed by atoms with Gasteiger partial charge in [-0.05, 0) is 44.1 Å². The van der Waals surface area contributed by atoms with Crippen LogP contribution >= 0.6 is 0 Å². The minimum atomic E-state index is -1.10. The molecule has 0 aromatic heterocycles. The van der Waals surface area contributed by atoms with Gasteiger partial charge in [-0.15, -0.1) is 0 Å². The Balaban J connectivity index is 1.83. The van der Waals surface area contributed by atoms with E-state index in [-0.39, 0.29) is 12.0 Å². The molecule has 0 amide bonds. The molecule has 4 rings (SSSR count). The lowest BCUT2D eigenvalue weighted by molar-refractivity contribution is -0.164. The first kappa shape index (κ1) is 21.5. The number of carbonyl (C=O) groups is 3. The molecule has 0 N–H and O–H groups in total. The molecule has 4 bridgehead atoms. The normalized spacial score (nSPS) is 37.4. The van der Waals surface area contributed by atoms with Gasteiger partial charge >= 0.3 is 17.9 Å². The van der Waals surface area contributed by atoms with Gasteiger partial charge < -0.3 is 23.7 Å². The minimum Gasteiger partial charge on any atom is -0.457 e. The quantitative estimate of drug-likeness (QED) is 0.375. The minimum absolute atomic E-state index is 0.190. The average Bonchev–Trinajstić information content (AvgIpc) is 3.28. The smallest absolute Gasteiger partial charge is 0.338 e. The third-order valence-corrected chi connectivity index (χ3v) is 6.21. The zero-order chi connectivity index (χ0) is 22.5. The van der Waals surface area contributed by atoms with E-state index in [9.17, 15) is 14.4 Å². The van der Waals surface area contributed by atoms with Crippen LogP contribution < -0.4 is 0 Å². The number of rotatable bonds is 2. The van der Waals surface area contributed by atoms with Crippen molar-refractivity contribution in [1.29, 1.82) is 0 Å². The van der Waals surface area contributed by atoms with Crippen LogP contribution in [-0.4, -0.2) is 49.6 Å². The standard InChI is InChI=1S/C23H26O8/c1-11-6-14-8-17(20(25)29-14)18(28-13(3)24)9-16-12(2)21(27-5)31-19(16)23(4)10-15(7-11)30-22(23)26/h7-8,10,14,16,18-19,21H,2,6,9H2,1,3-5H3. The number of carbonyl (C=O) groups excluding carboxylic acids is 3.